The number of Topliss-reactive ketones (excluding diaryl/α,β-unsaturated/α-hetero) is 1. The molecule has 5 heteroatoms. The third-order valence-corrected chi connectivity index (χ3v) is 8.49. The summed E-state index contributed by atoms with van der Waals surface area (Å²) >= 11 is 0. The molecule has 142 valence electrons. The molecule has 0 spiro atoms. The molecular formula is C22H26N2O3. The molecule has 2 bridgehead atoms. The Morgan fingerprint density at radius 3 is 2.78 bits per heavy atom. The van der Waals surface area contributed by atoms with Crippen molar-refractivity contribution in [3.63, 3.8) is 0 Å². The lowest BCUT2D eigenvalue weighted by molar-refractivity contribution is -0.139. The number of cyclic esters (lactones) is 1. The second-order valence-corrected chi connectivity index (χ2v) is 9.55. The van der Waals surface area contributed by atoms with Crippen molar-refractivity contribution < 1.29 is 14.3 Å². The van der Waals surface area contributed by atoms with Crippen LogP contribution < -0.4 is 5.73 Å². The maximum Gasteiger partial charge on any atom is 0.339 e. The number of esters is 1. The third-order valence-electron chi connectivity index (χ3n) is 8.49. The number of fused-ring (bicyclic) bond motifs is 3. The van der Waals surface area contributed by atoms with Gasteiger partial charge in [0.1, 0.15) is 0 Å². The molecule has 3 aliphatic carbocycles. The molecule has 6 rings (SSSR count). The number of piperidine rings is 1. The largest absolute Gasteiger partial charge is 0.462 e. The summed E-state index contributed by atoms with van der Waals surface area (Å²) in [5.41, 5.74) is 12.0. The Hall–Kier alpha value is -1.88. The SMILES string of the molecule is C[C@@H]1CN2C[C@H]3CCC(=O)C4=C5C(=C(N)[C@@H]1C[C@@H]2[C@]53C)C1=C4CCOC1=O. The summed E-state index contributed by atoms with van der Waals surface area (Å²) < 4.78 is 5.42. The summed E-state index contributed by atoms with van der Waals surface area (Å²) in [5.74, 6) is 1.11. The highest BCUT2D eigenvalue weighted by atomic mass is 16.5. The maximum absolute atomic E-state index is 13.2. The molecule has 2 fully saturated rings. The lowest BCUT2D eigenvalue weighted by Gasteiger charge is -2.43. The zero-order chi connectivity index (χ0) is 18.7. The number of hydrogen-bond donors (Lipinski definition) is 1. The number of ketones is 1. The molecule has 5 nitrogen and oxygen atoms in total. The van der Waals surface area contributed by atoms with Gasteiger partial charge in [0.2, 0.25) is 0 Å². The summed E-state index contributed by atoms with van der Waals surface area (Å²) in [6.45, 7) is 7.12. The second-order valence-electron chi connectivity index (χ2n) is 9.55. The van der Waals surface area contributed by atoms with Crippen LogP contribution in [0.25, 0.3) is 0 Å². The van der Waals surface area contributed by atoms with Crippen molar-refractivity contribution in [2.75, 3.05) is 19.7 Å². The van der Waals surface area contributed by atoms with Crippen molar-refractivity contribution in [3.05, 3.63) is 33.6 Å². The Balaban J connectivity index is 1.73. The average molecular weight is 366 g/mol. The van der Waals surface area contributed by atoms with E-state index in [2.05, 4.69) is 18.7 Å². The fourth-order valence-corrected chi connectivity index (χ4v) is 7.23. The number of allylic oxidation sites excluding steroid dienone is 2. The van der Waals surface area contributed by atoms with Crippen molar-refractivity contribution in [1.82, 2.24) is 4.90 Å². The Labute approximate surface area is 159 Å². The molecule has 0 saturated carbocycles. The molecule has 0 amide bonds. The monoisotopic (exact) mass is 366 g/mol. The first-order valence-corrected chi connectivity index (χ1v) is 10.4. The molecule has 0 aromatic rings. The van der Waals surface area contributed by atoms with Crippen molar-refractivity contribution >= 4 is 11.8 Å². The van der Waals surface area contributed by atoms with Crippen LogP contribution >= 0.6 is 0 Å². The highest BCUT2D eigenvalue weighted by Gasteiger charge is 2.62. The van der Waals surface area contributed by atoms with Crippen molar-refractivity contribution in [3.8, 4) is 0 Å². The van der Waals surface area contributed by atoms with E-state index in [0.29, 0.717) is 42.9 Å². The van der Waals surface area contributed by atoms with E-state index in [1.54, 1.807) is 0 Å². The van der Waals surface area contributed by atoms with Gasteiger partial charge in [0, 0.05) is 60.1 Å². The number of nitrogens with two attached hydrogens (primary N) is 1. The number of carbonyl (C=O) groups is 2. The molecule has 2 N–H and O–H groups in total. The van der Waals surface area contributed by atoms with Crippen LogP contribution in [0, 0.1) is 23.2 Å². The molecule has 0 radical (unpaired) electrons. The minimum absolute atomic E-state index is 0.103. The molecule has 0 unspecified atom stereocenters. The van der Waals surface area contributed by atoms with Crippen LogP contribution in [0.1, 0.15) is 39.5 Å². The number of rotatable bonds is 0. The highest BCUT2D eigenvalue weighted by Crippen LogP contribution is 2.64. The number of nitrogens with zero attached hydrogens (tertiary/aromatic N) is 1. The van der Waals surface area contributed by atoms with Gasteiger partial charge < -0.3 is 10.5 Å². The highest BCUT2D eigenvalue weighted by molar-refractivity contribution is 6.11. The lowest BCUT2D eigenvalue weighted by atomic mass is 9.65. The normalized spacial score (nSPS) is 43.0. The standard InChI is InChI=1S/C22H26N2O3/c1-10-8-24-9-11-3-4-14(25)16-12-5-6-27-21(26)17(12)18-19(16)22(11,2)15(24)7-13(10)20(18)23/h10-11,13,15H,3-9,23H2,1-2H3/t10-,11-,13-,15-,22-/m1/s1. The Morgan fingerprint density at radius 2 is 1.96 bits per heavy atom. The van der Waals surface area contributed by atoms with E-state index in [9.17, 15) is 9.59 Å². The quantitative estimate of drug-likeness (QED) is 0.665. The van der Waals surface area contributed by atoms with Crippen molar-refractivity contribution in [2.24, 2.45) is 28.9 Å². The van der Waals surface area contributed by atoms with Gasteiger partial charge in [-0.15, -0.1) is 0 Å². The minimum Gasteiger partial charge on any atom is -0.462 e. The van der Waals surface area contributed by atoms with E-state index in [1.807, 2.05) is 0 Å². The van der Waals surface area contributed by atoms with Crippen molar-refractivity contribution in [1.29, 1.82) is 0 Å². The Morgan fingerprint density at radius 1 is 1.15 bits per heavy atom. The molecule has 0 aromatic heterocycles. The summed E-state index contributed by atoms with van der Waals surface area (Å²) in [4.78, 5) is 28.7. The van der Waals surface area contributed by atoms with Crippen LogP contribution in [0.15, 0.2) is 33.6 Å². The van der Waals surface area contributed by atoms with Gasteiger partial charge in [-0.1, -0.05) is 13.8 Å². The molecule has 3 heterocycles. The molecule has 6 aliphatic rings. The smallest absolute Gasteiger partial charge is 0.339 e. The Kier molecular flexibility index (Phi) is 2.94. The van der Waals surface area contributed by atoms with E-state index in [4.69, 9.17) is 10.5 Å². The van der Waals surface area contributed by atoms with Crippen molar-refractivity contribution in [2.45, 2.75) is 45.6 Å². The van der Waals surface area contributed by atoms with E-state index in [1.165, 1.54) is 0 Å². The molecule has 3 aliphatic heterocycles. The fourth-order valence-electron chi connectivity index (χ4n) is 7.23. The van der Waals surface area contributed by atoms with Gasteiger partial charge in [0.25, 0.3) is 0 Å². The summed E-state index contributed by atoms with van der Waals surface area (Å²) in [5, 5.41) is 0. The van der Waals surface area contributed by atoms with Gasteiger partial charge in [-0.2, -0.15) is 0 Å². The van der Waals surface area contributed by atoms with Gasteiger partial charge >= 0.3 is 5.97 Å². The molecule has 27 heavy (non-hydrogen) atoms. The maximum atomic E-state index is 13.2. The second kappa shape index (κ2) is 4.93. The first-order valence-electron chi connectivity index (χ1n) is 10.4. The lowest BCUT2D eigenvalue weighted by Crippen LogP contribution is -2.48. The van der Waals surface area contributed by atoms with Crippen LogP contribution in [-0.2, 0) is 14.3 Å². The molecular weight excluding hydrogens is 340 g/mol. The topological polar surface area (TPSA) is 72.6 Å². The van der Waals surface area contributed by atoms with E-state index in [-0.39, 0.29) is 23.1 Å². The van der Waals surface area contributed by atoms with Gasteiger partial charge in [0.05, 0.1) is 12.2 Å². The van der Waals surface area contributed by atoms with Crippen LogP contribution in [0.5, 0.6) is 0 Å². The molecule has 2 saturated heterocycles. The van der Waals surface area contributed by atoms with Crippen LogP contribution in [0.3, 0.4) is 0 Å². The van der Waals surface area contributed by atoms with Gasteiger partial charge in [-0.25, -0.2) is 4.79 Å². The first kappa shape index (κ1) is 16.1. The van der Waals surface area contributed by atoms with E-state index in [0.717, 1.165) is 53.9 Å². The van der Waals surface area contributed by atoms with Gasteiger partial charge in [-0.3, -0.25) is 9.69 Å². The summed E-state index contributed by atoms with van der Waals surface area (Å²) in [6.07, 6.45) is 3.19. The average Bonchev–Trinajstić information content (AvgIpc) is 3.07. The Bertz CT molecular complexity index is 911. The predicted molar refractivity (Wildman–Crippen MR) is 99.3 cm³/mol. The summed E-state index contributed by atoms with van der Waals surface area (Å²) in [6, 6.07) is 0.410. The summed E-state index contributed by atoms with van der Waals surface area (Å²) in [7, 11) is 0. The number of carbonyl (C=O) groups excluding carboxylic acids is 2. The molecule has 5 atom stereocenters. The third kappa shape index (κ3) is 1.71. The van der Waals surface area contributed by atoms with E-state index >= 15 is 0 Å². The zero-order valence-electron chi connectivity index (χ0n) is 16.0. The van der Waals surface area contributed by atoms with E-state index < -0.39 is 0 Å². The predicted octanol–water partition coefficient (Wildman–Crippen LogP) is 2.09. The van der Waals surface area contributed by atoms with Crippen LogP contribution in [0.4, 0.5) is 0 Å². The fraction of sp³-hybridized carbons (Fsp3) is 0.636. The van der Waals surface area contributed by atoms with Crippen LogP contribution in [0.2, 0.25) is 0 Å². The number of hydrogen-bond acceptors (Lipinski definition) is 5. The van der Waals surface area contributed by atoms with Gasteiger partial charge in [-0.05, 0) is 35.8 Å². The van der Waals surface area contributed by atoms with Gasteiger partial charge in [0.15, 0.2) is 5.78 Å². The zero-order valence-corrected chi connectivity index (χ0v) is 16.0. The first-order chi connectivity index (χ1) is 12.9. The van der Waals surface area contributed by atoms with Crippen LogP contribution in [-0.4, -0.2) is 42.4 Å². The minimum atomic E-state index is -0.283. The molecule has 0 aromatic carbocycles. The number of ether oxygens (including phenoxy) is 1.